The number of amides is 1. The molecule has 0 aliphatic rings. The van der Waals surface area contributed by atoms with Crippen molar-refractivity contribution < 1.29 is 14.6 Å². The molecule has 5 nitrogen and oxygen atoms in total. The average molecular weight is 252 g/mol. The Morgan fingerprint density at radius 3 is 2.61 bits per heavy atom. The lowest BCUT2D eigenvalue weighted by molar-refractivity contribution is -0.118. The number of carbonyl (C=O) groups is 1. The maximum Gasteiger partial charge on any atom is 0.227 e. The number of aliphatic hydroxyl groups excluding tert-OH is 1. The summed E-state index contributed by atoms with van der Waals surface area (Å²) in [6, 6.07) is 7.38. The Labute approximate surface area is 107 Å². The average Bonchev–Trinajstić information content (AvgIpc) is 2.38. The van der Waals surface area contributed by atoms with Crippen molar-refractivity contribution in [1.82, 2.24) is 0 Å². The van der Waals surface area contributed by atoms with E-state index in [0.29, 0.717) is 13.0 Å². The molecule has 0 radical (unpaired) electrons. The van der Waals surface area contributed by atoms with Gasteiger partial charge in [-0.05, 0) is 24.1 Å². The Morgan fingerprint density at radius 1 is 1.44 bits per heavy atom. The SMILES string of the molecule is COC(CN)CC(=O)Nc1ccc(CCO)cc1. The van der Waals surface area contributed by atoms with Crippen LogP contribution in [0.2, 0.25) is 0 Å². The molecule has 1 amide bonds. The highest BCUT2D eigenvalue weighted by molar-refractivity contribution is 5.91. The van der Waals surface area contributed by atoms with Gasteiger partial charge in [0.2, 0.25) is 5.91 Å². The van der Waals surface area contributed by atoms with Crippen LogP contribution in [0.15, 0.2) is 24.3 Å². The summed E-state index contributed by atoms with van der Waals surface area (Å²) in [7, 11) is 1.54. The third-order valence-corrected chi connectivity index (χ3v) is 2.65. The van der Waals surface area contributed by atoms with Crippen molar-refractivity contribution >= 4 is 11.6 Å². The molecule has 0 aliphatic heterocycles. The Hall–Kier alpha value is -1.43. The van der Waals surface area contributed by atoms with Crippen LogP contribution in [0.5, 0.6) is 0 Å². The Morgan fingerprint density at radius 2 is 2.11 bits per heavy atom. The summed E-state index contributed by atoms with van der Waals surface area (Å²) < 4.78 is 5.05. The second-order valence-electron chi connectivity index (χ2n) is 4.02. The van der Waals surface area contributed by atoms with E-state index in [0.717, 1.165) is 11.3 Å². The third kappa shape index (κ3) is 4.83. The minimum atomic E-state index is -0.251. The van der Waals surface area contributed by atoms with Gasteiger partial charge in [-0.1, -0.05) is 12.1 Å². The molecule has 0 bridgehead atoms. The van der Waals surface area contributed by atoms with Gasteiger partial charge >= 0.3 is 0 Å². The number of rotatable bonds is 7. The minimum absolute atomic E-state index is 0.123. The summed E-state index contributed by atoms with van der Waals surface area (Å²) in [6.45, 7) is 0.442. The lowest BCUT2D eigenvalue weighted by Crippen LogP contribution is -2.28. The molecule has 1 atom stereocenters. The predicted octanol–water partition coefficient (Wildman–Crippen LogP) is 0.524. The van der Waals surface area contributed by atoms with Crippen molar-refractivity contribution in [2.75, 3.05) is 25.6 Å². The van der Waals surface area contributed by atoms with Crippen LogP contribution in [-0.2, 0) is 16.0 Å². The van der Waals surface area contributed by atoms with Gasteiger partial charge in [-0.2, -0.15) is 0 Å². The van der Waals surface area contributed by atoms with Crippen LogP contribution in [0.25, 0.3) is 0 Å². The molecular formula is C13H20N2O3. The molecule has 1 aromatic carbocycles. The number of hydrogen-bond donors (Lipinski definition) is 3. The summed E-state index contributed by atoms with van der Waals surface area (Å²) in [5.41, 5.74) is 7.21. The highest BCUT2D eigenvalue weighted by atomic mass is 16.5. The van der Waals surface area contributed by atoms with Gasteiger partial charge in [0.1, 0.15) is 0 Å². The Kier molecular flexibility index (Phi) is 6.35. The minimum Gasteiger partial charge on any atom is -0.396 e. The van der Waals surface area contributed by atoms with Crippen molar-refractivity contribution in [3.63, 3.8) is 0 Å². The second-order valence-corrected chi connectivity index (χ2v) is 4.02. The lowest BCUT2D eigenvalue weighted by Gasteiger charge is -2.12. The van der Waals surface area contributed by atoms with Gasteiger partial charge in [0.25, 0.3) is 0 Å². The molecule has 0 heterocycles. The number of anilines is 1. The largest absolute Gasteiger partial charge is 0.396 e. The maximum absolute atomic E-state index is 11.7. The molecule has 0 saturated heterocycles. The fourth-order valence-electron chi connectivity index (χ4n) is 1.57. The second kappa shape index (κ2) is 7.81. The van der Waals surface area contributed by atoms with Crippen LogP contribution in [0.3, 0.4) is 0 Å². The smallest absolute Gasteiger partial charge is 0.227 e. The van der Waals surface area contributed by atoms with Crippen LogP contribution < -0.4 is 11.1 Å². The van der Waals surface area contributed by atoms with Crippen LogP contribution in [0, 0.1) is 0 Å². The standard InChI is InChI=1S/C13H20N2O3/c1-18-12(9-14)8-13(17)15-11-4-2-10(3-5-11)6-7-16/h2-5,12,16H,6-9,14H2,1H3,(H,15,17). The molecule has 0 spiro atoms. The zero-order valence-corrected chi connectivity index (χ0v) is 10.6. The van der Waals surface area contributed by atoms with E-state index in [2.05, 4.69) is 5.32 Å². The number of ether oxygens (including phenoxy) is 1. The number of aliphatic hydroxyl groups is 1. The first kappa shape index (κ1) is 14.6. The van der Waals surface area contributed by atoms with Gasteiger partial charge in [-0.25, -0.2) is 0 Å². The number of carbonyl (C=O) groups excluding carboxylic acids is 1. The van der Waals surface area contributed by atoms with E-state index in [1.807, 2.05) is 24.3 Å². The van der Waals surface area contributed by atoms with Crippen LogP contribution in [0.1, 0.15) is 12.0 Å². The van der Waals surface area contributed by atoms with Crippen LogP contribution in [0.4, 0.5) is 5.69 Å². The van der Waals surface area contributed by atoms with Crippen molar-refractivity contribution in [2.24, 2.45) is 5.73 Å². The monoisotopic (exact) mass is 252 g/mol. The summed E-state index contributed by atoms with van der Waals surface area (Å²) >= 11 is 0. The van der Waals surface area contributed by atoms with E-state index < -0.39 is 0 Å². The highest BCUT2D eigenvalue weighted by Crippen LogP contribution is 2.10. The number of benzene rings is 1. The molecule has 5 heteroatoms. The van der Waals surface area contributed by atoms with Gasteiger partial charge in [-0.3, -0.25) is 4.79 Å². The molecule has 100 valence electrons. The topological polar surface area (TPSA) is 84.6 Å². The van der Waals surface area contributed by atoms with E-state index in [1.165, 1.54) is 7.11 Å². The fraction of sp³-hybridized carbons (Fsp3) is 0.462. The van der Waals surface area contributed by atoms with E-state index in [9.17, 15) is 4.79 Å². The summed E-state index contributed by atoms with van der Waals surface area (Å²) in [5.74, 6) is -0.123. The van der Waals surface area contributed by atoms with E-state index in [1.54, 1.807) is 0 Å². The van der Waals surface area contributed by atoms with Crippen molar-refractivity contribution in [3.8, 4) is 0 Å². The van der Waals surface area contributed by atoms with Crippen LogP contribution in [-0.4, -0.2) is 37.4 Å². The number of methoxy groups -OCH3 is 1. The fourth-order valence-corrected chi connectivity index (χ4v) is 1.57. The van der Waals surface area contributed by atoms with Crippen LogP contribution >= 0.6 is 0 Å². The molecular weight excluding hydrogens is 232 g/mol. The van der Waals surface area contributed by atoms with Gasteiger partial charge in [0, 0.05) is 25.9 Å². The zero-order chi connectivity index (χ0) is 13.4. The third-order valence-electron chi connectivity index (χ3n) is 2.65. The summed E-state index contributed by atoms with van der Waals surface area (Å²) in [4.78, 5) is 11.7. The zero-order valence-electron chi connectivity index (χ0n) is 10.6. The van der Waals surface area contributed by atoms with E-state index in [4.69, 9.17) is 15.6 Å². The first-order valence-corrected chi connectivity index (χ1v) is 5.92. The molecule has 1 unspecified atom stereocenters. The van der Waals surface area contributed by atoms with E-state index in [-0.39, 0.29) is 25.0 Å². The Bertz CT molecular complexity index is 361. The number of nitrogens with one attached hydrogen (secondary N) is 1. The first-order chi connectivity index (χ1) is 8.69. The van der Waals surface area contributed by atoms with Gasteiger partial charge in [0.05, 0.1) is 12.5 Å². The first-order valence-electron chi connectivity index (χ1n) is 5.92. The molecule has 18 heavy (non-hydrogen) atoms. The molecule has 1 rings (SSSR count). The molecule has 0 fully saturated rings. The number of hydrogen-bond acceptors (Lipinski definition) is 4. The quantitative estimate of drug-likeness (QED) is 0.660. The Balaban J connectivity index is 2.48. The lowest BCUT2D eigenvalue weighted by atomic mass is 10.1. The van der Waals surface area contributed by atoms with Gasteiger partial charge in [0.15, 0.2) is 0 Å². The van der Waals surface area contributed by atoms with E-state index >= 15 is 0 Å². The molecule has 1 aromatic rings. The molecule has 4 N–H and O–H groups in total. The maximum atomic E-state index is 11.7. The molecule has 0 saturated carbocycles. The van der Waals surface area contributed by atoms with Crippen molar-refractivity contribution in [2.45, 2.75) is 18.9 Å². The van der Waals surface area contributed by atoms with Crippen molar-refractivity contribution in [1.29, 1.82) is 0 Å². The predicted molar refractivity (Wildman–Crippen MR) is 70.3 cm³/mol. The molecule has 0 aliphatic carbocycles. The number of nitrogens with two attached hydrogens (primary N) is 1. The highest BCUT2D eigenvalue weighted by Gasteiger charge is 2.11. The van der Waals surface area contributed by atoms with Gasteiger partial charge in [-0.15, -0.1) is 0 Å². The van der Waals surface area contributed by atoms with Gasteiger partial charge < -0.3 is 20.9 Å². The summed E-state index contributed by atoms with van der Waals surface area (Å²) in [6.07, 6.45) is 0.608. The normalized spacial score (nSPS) is 12.2. The summed E-state index contributed by atoms with van der Waals surface area (Å²) in [5, 5.41) is 11.6. The molecule has 0 aromatic heterocycles. The van der Waals surface area contributed by atoms with Crippen molar-refractivity contribution in [3.05, 3.63) is 29.8 Å².